The number of alkyl halides is 9. The predicted octanol–water partition coefficient (Wildman–Crippen LogP) is 8.43. The quantitative estimate of drug-likeness (QED) is 0.164. The Balaban J connectivity index is 1.49. The first-order valence-corrected chi connectivity index (χ1v) is 13.5. The summed E-state index contributed by atoms with van der Waals surface area (Å²) in [4.78, 5) is 0. The third-order valence-corrected chi connectivity index (χ3v) is 9.05. The summed E-state index contributed by atoms with van der Waals surface area (Å²) in [7, 11) is 0. The van der Waals surface area contributed by atoms with Crippen LogP contribution in [0.25, 0.3) is 0 Å². The Morgan fingerprint density at radius 2 is 1.49 bits per heavy atom. The average Bonchev–Trinajstić information content (AvgIpc) is 2.76. The molecule has 0 aromatic rings. The maximum atomic E-state index is 15.1. The summed E-state index contributed by atoms with van der Waals surface area (Å²) in [6.45, 7) is 0. The lowest BCUT2D eigenvalue weighted by molar-refractivity contribution is -0.236. The molecule has 1 nitrogen and oxygen atoms in total. The van der Waals surface area contributed by atoms with Gasteiger partial charge in [-0.3, -0.25) is 0 Å². The number of hydrogen-bond donors (Lipinski definition) is 0. The lowest BCUT2D eigenvalue weighted by atomic mass is 9.66. The topological polar surface area (TPSA) is 9.23 Å². The molecule has 0 saturated heterocycles. The largest absolute Gasteiger partial charge is 0.385 e. The number of hydrogen-bond acceptors (Lipinski definition) is 1. The van der Waals surface area contributed by atoms with Gasteiger partial charge in [0.1, 0.15) is 42.5 Å². The summed E-state index contributed by atoms with van der Waals surface area (Å²) in [6, 6.07) is 0. The molecule has 2 fully saturated rings. The van der Waals surface area contributed by atoms with E-state index in [1.807, 2.05) is 0 Å². The standard InChI is InChI=1S/C25H27F10IO/c26-15-7-12(36)1-2-14(15)10-3-16(27)22(17(28)4-10)11-5-18(29)23(19(30)6-11)25(34,35)37-13-8-20(31)24(33)21(32)9-13/h5,8,10,12-17,19,21-22,24H,1-4,6-7,9H2/t10?,12-,13+,14-,15?,16+,17?,19?,21?,22?,24-/m1/s1. The van der Waals surface area contributed by atoms with Gasteiger partial charge in [0.25, 0.3) is 0 Å². The molecule has 0 bridgehead atoms. The van der Waals surface area contributed by atoms with Crippen LogP contribution < -0.4 is 0 Å². The van der Waals surface area contributed by atoms with Crippen molar-refractivity contribution in [2.75, 3.05) is 0 Å². The minimum Gasteiger partial charge on any atom is -0.309 e. The molecule has 0 N–H and O–H groups in total. The summed E-state index contributed by atoms with van der Waals surface area (Å²) >= 11 is 2.14. The molecule has 0 amide bonds. The highest BCUT2D eigenvalue weighted by molar-refractivity contribution is 14.1. The van der Waals surface area contributed by atoms with Gasteiger partial charge in [-0.05, 0) is 56.1 Å². The fourth-order valence-corrected chi connectivity index (χ4v) is 6.98. The molecule has 12 heteroatoms. The number of halogens is 11. The molecule has 37 heavy (non-hydrogen) atoms. The fraction of sp³-hybridized carbons (Fsp3) is 0.760. The van der Waals surface area contributed by atoms with E-state index in [1.165, 1.54) is 0 Å². The van der Waals surface area contributed by atoms with E-state index in [1.54, 1.807) is 0 Å². The van der Waals surface area contributed by atoms with Gasteiger partial charge in [0.05, 0.1) is 11.7 Å². The van der Waals surface area contributed by atoms with Crippen molar-refractivity contribution in [1.82, 2.24) is 0 Å². The summed E-state index contributed by atoms with van der Waals surface area (Å²) < 4.78 is 148. The van der Waals surface area contributed by atoms with E-state index in [-0.39, 0.29) is 28.4 Å². The van der Waals surface area contributed by atoms with Gasteiger partial charge in [-0.2, -0.15) is 8.78 Å². The van der Waals surface area contributed by atoms with Gasteiger partial charge in [0.2, 0.25) is 0 Å². The zero-order valence-electron chi connectivity index (χ0n) is 19.5. The molecule has 0 aromatic heterocycles. The Labute approximate surface area is 221 Å². The van der Waals surface area contributed by atoms with Crippen molar-refractivity contribution in [2.45, 2.75) is 98.1 Å². The highest BCUT2D eigenvalue weighted by Crippen LogP contribution is 2.49. The van der Waals surface area contributed by atoms with E-state index < -0.39 is 97.1 Å². The molecule has 4 aliphatic carbocycles. The molecule has 4 aliphatic rings. The molecule has 0 radical (unpaired) electrons. The van der Waals surface area contributed by atoms with Crippen LogP contribution in [0.2, 0.25) is 0 Å². The minimum absolute atomic E-state index is 0.148. The van der Waals surface area contributed by atoms with Crippen LogP contribution in [0.5, 0.6) is 0 Å². The van der Waals surface area contributed by atoms with Crippen LogP contribution >= 0.6 is 22.6 Å². The smallest absolute Gasteiger partial charge is 0.309 e. The lowest BCUT2D eigenvalue weighted by Crippen LogP contribution is -2.44. The van der Waals surface area contributed by atoms with Gasteiger partial charge < -0.3 is 4.74 Å². The fourth-order valence-electron chi connectivity index (χ4n) is 6.13. The Morgan fingerprint density at radius 3 is 2.05 bits per heavy atom. The molecular formula is C25H27F10IO. The van der Waals surface area contributed by atoms with Crippen LogP contribution in [-0.2, 0) is 4.74 Å². The van der Waals surface area contributed by atoms with E-state index >= 15 is 8.78 Å². The highest BCUT2D eigenvalue weighted by Gasteiger charge is 2.51. The van der Waals surface area contributed by atoms with Crippen molar-refractivity contribution in [3.8, 4) is 0 Å². The monoisotopic (exact) mass is 660 g/mol. The van der Waals surface area contributed by atoms with Gasteiger partial charge in [-0.25, -0.2) is 35.1 Å². The molecule has 0 aromatic carbocycles. The molecule has 0 heterocycles. The van der Waals surface area contributed by atoms with Gasteiger partial charge in [0, 0.05) is 22.7 Å². The third kappa shape index (κ3) is 6.19. The van der Waals surface area contributed by atoms with Gasteiger partial charge in [0.15, 0.2) is 6.17 Å². The van der Waals surface area contributed by atoms with Crippen LogP contribution in [0.3, 0.4) is 0 Å². The van der Waals surface area contributed by atoms with Gasteiger partial charge >= 0.3 is 6.11 Å². The highest BCUT2D eigenvalue weighted by atomic mass is 127. The molecule has 2 saturated carbocycles. The molecule has 210 valence electrons. The predicted molar refractivity (Wildman–Crippen MR) is 125 cm³/mol. The van der Waals surface area contributed by atoms with Crippen molar-refractivity contribution in [1.29, 1.82) is 0 Å². The lowest BCUT2D eigenvalue weighted by Gasteiger charge is -2.42. The van der Waals surface area contributed by atoms with Crippen LogP contribution in [0, 0.1) is 17.8 Å². The van der Waals surface area contributed by atoms with Gasteiger partial charge in [-0.1, -0.05) is 28.2 Å². The van der Waals surface area contributed by atoms with E-state index in [0.717, 1.165) is 6.42 Å². The summed E-state index contributed by atoms with van der Waals surface area (Å²) in [5.74, 6) is -6.13. The van der Waals surface area contributed by atoms with E-state index in [0.29, 0.717) is 18.9 Å². The maximum Gasteiger partial charge on any atom is 0.385 e. The number of allylic oxidation sites excluding steroid dienone is 4. The first-order valence-electron chi connectivity index (χ1n) is 12.3. The molecular weight excluding hydrogens is 633 g/mol. The van der Waals surface area contributed by atoms with E-state index in [2.05, 4.69) is 27.3 Å². The first kappa shape index (κ1) is 29.2. The normalized spacial score (nSPS) is 43.9. The van der Waals surface area contributed by atoms with Crippen LogP contribution in [0.15, 0.2) is 35.0 Å². The van der Waals surface area contributed by atoms with Crippen molar-refractivity contribution in [2.24, 2.45) is 17.8 Å². The number of ether oxygens (including phenoxy) is 1. The molecule has 0 aliphatic heterocycles. The second-order valence-electron chi connectivity index (χ2n) is 10.4. The van der Waals surface area contributed by atoms with Crippen molar-refractivity contribution < 1.29 is 48.6 Å². The van der Waals surface area contributed by atoms with Crippen LogP contribution in [-0.4, -0.2) is 53.2 Å². The zero-order chi connectivity index (χ0) is 27.2. The van der Waals surface area contributed by atoms with Crippen molar-refractivity contribution in [3.05, 3.63) is 35.0 Å². The van der Waals surface area contributed by atoms with E-state index in [4.69, 9.17) is 0 Å². The Morgan fingerprint density at radius 1 is 0.838 bits per heavy atom. The third-order valence-electron chi connectivity index (χ3n) is 7.92. The summed E-state index contributed by atoms with van der Waals surface area (Å²) in [5, 5.41) is 0. The van der Waals surface area contributed by atoms with Crippen LogP contribution in [0.4, 0.5) is 43.9 Å². The average molecular weight is 660 g/mol. The summed E-state index contributed by atoms with van der Waals surface area (Å²) in [5.41, 5.74) is -2.12. The second-order valence-corrected chi connectivity index (χ2v) is 12.2. The maximum absolute atomic E-state index is 15.1. The summed E-state index contributed by atoms with van der Waals surface area (Å²) in [6.07, 6.45) is -19.5. The zero-order valence-corrected chi connectivity index (χ0v) is 21.7. The molecule has 0 spiro atoms. The van der Waals surface area contributed by atoms with Crippen LogP contribution in [0.1, 0.15) is 44.9 Å². The second kappa shape index (κ2) is 11.4. The first-order chi connectivity index (χ1) is 17.3. The van der Waals surface area contributed by atoms with Crippen molar-refractivity contribution in [3.63, 3.8) is 0 Å². The molecule has 6 unspecified atom stereocenters. The Kier molecular flexibility index (Phi) is 8.97. The number of rotatable bonds is 5. The molecule has 11 atom stereocenters. The minimum atomic E-state index is -4.66. The van der Waals surface area contributed by atoms with E-state index in [9.17, 15) is 35.1 Å². The van der Waals surface area contributed by atoms with Crippen molar-refractivity contribution >= 4 is 22.6 Å². The Bertz CT molecular complexity index is 926. The molecule has 4 rings (SSSR count). The Hall–Kier alpha value is -0.790. The van der Waals surface area contributed by atoms with Gasteiger partial charge in [-0.15, -0.1) is 0 Å². The SMILES string of the molecule is FC1=C[C@H](OC(F)(F)C2=C(F)C=C(C3C(F)CC([C@H]4CC[C@@H](I)CC4F)C[C@@H]3F)CC2F)CC(F)[C@@H]1F.